The standard InChI is InChI=1S/C20H20FNO3/c1-24-20(23)16-3-2-4-18(13-16)22-11-12-25-19(14-22)10-7-15-5-8-17(21)9-6-15/h2-10,13,19H,11-12,14H2,1H3/b10-7+. The first-order valence-corrected chi connectivity index (χ1v) is 8.14. The van der Waals surface area contributed by atoms with Crippen LogP contribution in [0, 0.1) is 5.82 Å². The molecule has 0 radical (unpaired) electrons. The Hall–Kier alpha value is -2.66. The highest BCUT2D eigenvalue weighted by molar-refractivity contribution is 5.90. The first-order valence-electron chi connectivity index (χ1n) is 8.14. The Morgan fingerprint density at radius 1 is 1.28 bits per heavy atom. The molecule has 1 fully saturated rings. The summed E-state index contributed by atoms with van der Waals surface area (Å²) in [6.45, 7) is 2.04. The third kappa shape index (κ3) is 4.45. The molecule has 0 aromatic heterocycles. The summed E-state index contributed by atoms with van der Waals surface area (Å²) >= 11 is 0. The van der Waals surface area contributed by atoms with Crippen molar-refractivity contribution in [1.29, 1.82) is 0 Å². The monoisotopic (exact) mass is 341 g/mol. The third-order valence-corrected chi connectivity index (χ3v) is 4.10. The zero-order valence-electron chi connectivity index (χ0n) is 14.0. The summed E-state index contributed by atoms with van der Waals surface area (Å²) in [7, 11) is 1.38. The van der Waals surface area contributed by atoms with Gasteiger partial charge in [-0.3, -0.25) is 0 Å². The summed E-state index contributed by atoms with van der Waals surface area (Å²) in [6, 6.07) is 13.7. The molecule has 25 heavy (non-hydrogen) atoms. The molecule has 1 atom stereocenters. The molecule has 0 spiro atoms. The van der Waals surface area contributed by atoms with Gasteiger partial charge in [0.2, 0.25) is 0 Å². The van der Waals surface area contributed by atoms with E-state index in [9.17, 15) is 9.18 Å². The van der Waals surface area contributed by atoms with Crippen LogP contribution >= 0.6 is 0 Å². The number of ether oxygens (including phenoxy) is 2. The van der Waals surface area contributed by atoms with Crippen LogP contribution in [0.25, 0.3) is 6.08 Å². The molecule has 2 aromatic carbocycles. The number of nitrogens with zero attached hydrogens (tertiary/aromatic N) is 1. The van der Waals surface area contributed by atoms with Crippen molar-refractivity contribution in [2.75, 3.05) is 31.7 Å². The van der Waals surface area contributed by atoms with E-state index in [0.29, 0.717) is 18.7 Å². The number of anilines is 1. The van der Waals surface area contributed by atoms with Crippen LogP contribution in [-0.2, 0) is 9.47 Å². The summed E-state index contributed by atoms with van der Waals surface area (Å²) < 4.78 is 23.5. The number of hydrogen-bond acceptors (Lipinski definition) is 4. The van der Waals surface area contributed by atoms with E-state index < -0.39 is 0 Å². The van der Waals surface area contributed by atoms with Gasteiger partial charge in [0, 0.05) is 18.8 Å². The molecule has 2 aromatic rings. The lowest BCUT2D eigenvalue weighted by atomic mass is 10.1. The SMILES string of the molecule is COC(=O)c1cccc(N2CCOC(/C=C/c3ccc(F)cc3)C2)c1. The maximum absolute atomic E-state index is 12.9. The van der Waals surface area contributed by atoms with Gasteiger partial charge in [0.05, 0.1) is 25.4 Å². The quantitative estimate of drug-likeness (QED) is 0.798. The number of morpholine rings is 1. The number of esters is 1. The predicted molar refractivity (Wildman–Crippen MR) is 95.2 cm³/mol. The fraction of sp³-hybridized carbons (Fsp3) is 0.250. The minimum Gasteiger partial charge on any atom is -0.465 e. The van der Waals surface area contributed by atoms with Crippen molar-refractivity contribution in [2.24, 2.45) is 0 Å². The molecule has 3 rings (SSSR count). The van der Waals surface area contributed by atoms with Crippen molar-refractivity contribution in [3.8, 4) is 0 Å². The van der Waals surface area contributed by atoms with Crippen LogP contribution in [0.1, 0.15) is 15.9 Å². The zero-order valence-corrected chi connectivity index (χ0v) is 14.0. The van der Waals surface area contributed by atoms with Crippen LogP contribution in [0.15, 0.2) is 54.6 Å². The molecule has 0 N–H and O–H groups in total. The van der Waals surface area contributed by atoms with E-state index >= 15 is 0 Å². The number of hydrogen-bond donors (Lipinski definition) is 0. The average molecular weight is 341 g/mol. The molecule has 0 saturated carbocycles. The van der Waals surface area contributed by atoms with Gasteiger partial charge >= 0.3 is 5.97 Å². The van der Waals surface area contributed by atoms with Crippen molar-refractivity contribution in [1.82, 2.24) is 0 Å². The van der Waals surface area contributed by atoms with Gasteiger partial charge < -0.3 is 14.4 Å². The van der Waals surface area contributed by atoms with Gasteiger partial charge in [0.15, 0.2) is 0 Å². The van der Waals surface area contributed by atoms with Gasteiger partial charge in [-0.1, -0.05) is 30.4 Å². The molecule has 1 heterocycles. The molecule has 0 aliphatic carbocycles. The summed E-state index contributed by atoms with van der Waals surface area (Å²) in [5, 5.41) is 0. The Kier molecular flexibility index (Phi) is 5.46. The lowest BCUT2D eigenvalue weighted by Gasteiger charge is -2.33. The van der Waals surface area contributed by atoms with Gasteiger partial charge in [-0.15, -0.1) is 0 Å². The van der Waals surface area contributed by atoms with Gasteiger partial charge in [-0.25, -0.2) is 9.18 Å². The number of benzene rings is 2. The first kappa shape index (κ1) is 17.2. The normalized spacial score (nSPS) is 17.7. The lowest BCUT2D eigenvalue weighted by molar-refractivity contribution is 0.0600. The van der Waals surface area contributed by atoms with Crippen molar-refractivity contribution in [3.63, 3.8) is 0 Å². The molecule has 0 amide bonds. The largest absolute Gasteiger partial charge is 0.465 e. The summed E-state index contributed by atoms with van der Waals surface area (Å²) in [5.41, 5.74) is 2.42. The Morgan fingerprint density at radius 2 is 2.08 bits per heavy atom. The second-order valence-electron chi connectivity index (χ2n) is 5.81. The number of carbonyl (C=O) groups excluding carboxylic acids is 1. The van der Waals surface area contributed by atoms with Gasteiger partial charge in [-0.05, 0) is 35.9 Å². The second-order valence-corrected chi connectivity index (χ2v) is 5.81. The van der Waals surface area contributed by atoms with Crippen molar-refractivity contribution in [3.05, 3.63) is 71.6 Å². The minimum atomic E-state index is -0.345. The van der Waals surface area contributed by atoms with Crippen LogP contribution in [0.4, 0.5) is 10.1 Å². The molecule has 0 bridgehead atoms. The van der Waals surface area contributed by atoms with Crippen LogP contribution in [-0.4, -0.2) is 38.9 Å². The second kappa shape index (κ2) is 7.94. The van der Waals surface area contributed by atoms with E-state index in [0.717, 1.165) is 17.8 Å². The van der Waals surface area contributed by atoms with E-state index in [2.05, 4.69) is 4.90 Å². The van der Waals surface area contributed by atoms with Crippen molar-refractivity contribution >= 4 is 17.7 Å². The van der Waals surface area contributed by atoms with E-state index in [1.54, 1.807) is 18.2 Å². The predicted octanol–water partition coefficient (Wildman–Crippen LogP) is 3.53. The summed E-state index contributed by atoms with van der Waals surface area (Å²) in [6.07, 6.45) is 3.84. The van der Waals surface area contributed by atoms with E-state index in [1.165, 1.54) is 19.2 Å². The topological polar surface area (TPSA) is 38.8 Å². The zero-order chi connectivity index (χ0) is 17.6. The molecule has 1 aliphatic rings. The molecule has 130 valence electrons. The Balaban J connectivity index is 1.68. The number of carbonyl (C=O) groups is 1. The van der Waals surface area contributed by atoms with Crippen LogP contribution in [0.3, 0.4) is 0 Å². The Morgan fingerprint density at radius 3 is 2.84 bits per heavy atom. The number of halogens is 1. The highest BCUT2D eigenvalue weighted by atomic mass is 19.1. The summed E-state index contributed by atoms with van der Waals surface area (Å²) in [5.74, 6) is -0.592. The molecule has 5 heteroatoms. The van der Waals surface area contributed by atoms with Gasteiger partial charge in [-0.2, -0.15) is 0 Å². The molecule has 4 nitrogen and oxygen atoms in total. The highest BCUT2D eigenvalue weighted by Gasteiger charge is 2.19. The van der Waals surface area contributed by atoms with E-state index in [-0.39, 0.29) is 17.9 Å². The minimum absolute atomic E-state index is 0.0689. The van der Waals surface area contributed by atoms with Gasteiger partial charge in [0.1, 0.15) is 5.82 Å². The number of rotatable bonds is 4. The van der Waals surface area contributed by atoms with Crippen LogP contribution in [0.5, 0.6) is 0 Å². The average Bonchev–Trinajstić information content (AvgIpc) is 2.67. The van der Waals surface area contributed by atoms with Crippen LogP contribution in [0.2, 0.25) is 0 Å². The van der Waals surface area contributed by atoms with Gasteiger partial charge in [0.25, 0.3) is 0 Å². The van der Waals surface area contributed by atoms with Crippen molar-refractivity contribution in [2.45, 2.75) is 6.10 Å². The summed E-state index contributed by atoms with van der Waals surface area (Å²) in [4.78, 5) is 13.9. The smallest absolute Gasteiger partial charge is 0.337 e. The maximum atomic E-state index is 12.9. The molecular weight excluding hydrogens is 321 g/mol. The lowest BCUT2D eigenvalue weighted by Crippen LogP contribution is -2.41. The first-order chi connectivity index (χ1) is 12.2. The maximum Gasteiger partial charge on any atom is 0.337 e. The molecule has 1 unspecified atom stereocenters. The third-order valence-electron chi connectivity index (χ3n) is 4.10. The fourth-order valence-electron chi connectivity index (χ4n) is 2.77. The highest BCUT2D eigenvalue weighted by Crippen LogP contribution is 2.20. The fourth-order valence-corrected chi connectivity index (χ4v) is 2.77. The van der Waals surface area contributed by atoms with E-state index in [4.69, 9.17) is 9.47 Å². The molecular formula is C20H20FNO3. The number of methoxy groups -OCH3 is 1. The van der Waals surface area contributed by atoms with Crippen molar-refractivity contribution < 1.29 is 18.7 Å². The Labute approximate surface area is 146 Å². The Bertz CT molecular complexity index is 758. The van der Waals surface area contributed by atoms with E-state index in [1.807, 2.05) is 30.4 Å². The molecule has 1 saturated heterocycles. The van der Waals surface area contributed by atoms with Crippen LogP contribution < -0.4 is 4.90 Å². The molecule has 1 aliphatic heterocycles.